The molecule has 0 spiro atoms. The van der Waals surface area contributed by atoms with Gasteiger partial charge in [-0.2, -0.15) is 0 Å². The maximum Gasteiger partial charge on any atom is 0.335 e. The second-order valence-corrected chi connectivity index (χ2v) is 7.43. The Morgan fingerprint density at radius 3 is 0.806 bits per heavy atom. The van der Waals surface area contributed by atoms with Crippen LogP contribution in [0.3, 0.4) is 0 Å². The standard InChI is InChI=1S/C27H18O9/c28-25(29)16-1-7-19(8-2-16)34-22-13-23(35-20-9-3-17(4-10-20)26(30)31)15-24(14-22)36-21-11-5-18(6-12-21)27(32)33/h1-15H,(H,28,29)(H,30,31)(H,32,33). The van der Waals surface area contributed by atoms with E-state index < -0.39 is 17.9 Å². The summed E-state index contributed by atoms with van der Waals surface area (Å²) >= 11 is 0. The normalized spacial score (nSPS) is 10.3. The Kier molecular flexibility index (Phi) is 6.83. The summed E-state index contributed by atoms with van der Waals surface area (Å²) < 4.78 is 17.6. The zero-order valence-electron chi connectivity index (χ0n) is 18.5. The highest BCUT2D eigenvalue weighted by Gasteiger charge is 2.11. The number of aromatic carboxylic acids is 3. The van der Waals surface area contributed by atoms with E-state index >= 15 is 0 Å². The minimum Gasteiger partial charge on any atom is -0.478 e. The molecule has 4 aromatic rings. The first-order valence-electron chi connectivity index (χ1n) is 10.5. The summed E-state index contributed by atoms with van der Waals surface area (Å²) in [6.45, 7) is 0. The average Bonchev–Trinajstić information content (AvgIpc) is 2.85. The lowest BCUT2D eigenvalue weighted by molar-refractivity contribution is 0.0686. The molecule has 0 radical (unpaired) electrons. The van der Waals surface area contributed by atoms with Gasteiger partial charge in [-0.15, -0.1) is 0 Å². The molecule has 4 rings (SSSR count). The Morgan fingerprint density at radius 1 is 0.389 bits per heavy atom. The first kappa shape index (κ1) is 23.8. The number of rotatable bonds is 9. The van der Waals surface area contributed by atoms with Gasteiger partial charge in [0.15, 0.2) is 0 Å². The van der Waals surface area contributed by atoms with Gasteiger partial charge >= 0.3 is 17.9 Å². The van der Waals surface area contributed by atoms with Gasteiger partial charge < -0.3 is 29.5 Å². The molecule has 9 nitrogen and oxygen atoms in total. The van der Waals surface area contributed by atoms with Gasteiger partial charge in [-0.05, 0) is 72.8 Å². The Bertz CT molecular complexity index is 1220. The van der Waals surface area contributed by atoms with Gasteiger partial charge in [0.05, 0.1) is 16.7 Å². The molecule has 180 valence electrons. The van der Waals surface area contributed by atoms with Gasteiger partial charge in [-0.3, -0.25) is 0 Å². The monoisotopic (exact) mass is 486 g/mol. The van der Waals surface area contributed by atoms with E-state index in [9.17, 15) is 14.4 Å². The van der Waals surface area contributed by atoms with E-state index in [-0.39, 0.29) is 16.7 Å². The van der Waals surface area contributed by atoms with Crippen LogP contribution in [-0.4, -0.2) is 33.2 Å². The first-order chi connectivity index (χ1) is 17.3. The molecule has 0 saturated heterocycles. The fraction of sp³-hybridized carbons (Fsp3) is 0. The van der Waals surface area contributed by atoms with Gasteiger partial charge in [0, 0.05) is 18.2 Å². The van der Waals surface area contributed by atoms with Crippen molar-refractivity contribution in [2.45, 2.75) is 0 Å². The van der Waals surface area contributed by atoms with Crippen molar-refractivity contribution in [3.8, 4) is 34.5 Å². The number of carboxylic acid groups (broad SMARTS) is 3. The van der Waals surface area contributed by atoms with Crippen LogP contribution in [0, 0.1) is 0 Å². The summed E-state index contributed by atoms with van der Waals surface area (Å²) in [4.78, 5) is 33.3. The van der Waals surface area contributed by atoms with E-state index in [1.54, 1.807) is 18.2 Å². The summed E-state index contributed by atoms with van der Waals surface area (Å²) in [5.74, 6) is -1.11. The predicted octanol–water partition coefficient (Wildman–Crippen LogP) is 6.16. The lowest BCUT2D eigenvalue weighted by Gasteiger charge is -2.13. The fourth-order valence-electron chi connectivity index (χ4n) is 3.13. The molecule has 4 aromatic carbocycles. The minimum absolute atomic E-state index is 0.109. The van der Waals surface area contributed by atoms with Crippen LogP contribution in [0.5, 0.6) is 34.5 Å². The van der Waals surface area contributed by atoms with Crippen LogP contribution in [0.1, 0.15) is 31.1 Å². The van der Waals surface area contributed by atoms with Gasteiger partial charge in [0.25, 0.3) is 0 Å². The smallest absolute Gasteiger partial charge is 0.335 e. The highest BCUT2D eigenvalue weighted by molar-refractivity contribution is 5.88. The van der Waals surface area contributed by atoms with Gasteiger partial charge in [0.1, 0.15) is 34.5 Å². The Hall–Kier alpha value is -5.31. The fourth-order valence-corrected chi connectivity index (χ4v) is 3.13. The van der Waals surface area contributed by atoms with Crippen molar-refractivity contribution in [1.29, 1.82) is 0 Å². The van der Waals surface area contributed by atoms with Crippen molar-refractivity contribution >= 4 is 17.9 Å². The molecule has 0 amide bonds. The third-order valence-corrected chi connectivity index (χ3v) is 4.86. The van der Waals surface area contributed by atoms with E-state index in [0.717, 1.165) is 0 Å². The quantitative estimate of drug-likeness (QED) is 0.254. The number of hydrogen-bond acceptors (Lipinski definition) is 6. The predicted molar refractivity (Wildman–Crippen MR) is 127 cm³/mol. The molecule has 0 aliphatic rings. The summed E-state index contributed by atoms with van der Waals surface area (Å²) in [6, 6.07) is 22.2. The van der Waals surface area contributed by atoms with Crippen LogP contribution in [0.2, 0.25) is 0 Å². The van der Waals surface area contributed by atoms with E-state index in [4.69, 9.17) is 29.5 Å². The molecular weight excluding hydrogens is 468 g/mol. The van der Waals surface area contributed by atoms with Crippen molar-refractivity contribution < 1.29 is 43.9 Å². The van der Waals surface area contributed by atoms with Crippen LogP contribution in [0.4, 0.5) is 0 Å². The van der Waals surface area contributed by atoms with Gasteiger partial charge in [-0.25, -0.2) is 14.4 Å². The number of benzene rings is 4. The zero-order valence-corrected chi connectivity index (χ0v) is 18.5. The van der Waals surface area contributed by atoms with Crippen LogP contribution in [0.25, 0.3) is 0 Å². The molecule has 0 saturated carbocycles. The minimum atomic E-state index is -1.06. The van der Waals surface area contributed by atoms with Crippen molar-refractivity contribution in [2.75, 3.05) is 0 Å². The summed E-state index contributed by atoms with van der Waals surface area (Å²) in [7, 11) is 0. The Labute approximate surface area is 204 Å². The van der Waals surface area contributed by atoms with E-state index in [2.05, 4.69) is 0 Å². The maximum atomic E-state index is 11.1. The number of ether oxygens (including phenoxy) is 3. The maximum absolute atomic E-state index is 11.1. The van der Waals surface area contributed by atoms with Crippen LogP contribution >= 0.6 is 0 Å². The molecule has 0 unspecified atom stereocenters. The van der Waals surface area contributed by atoms with E-state index in [1.165, 1.54) is 72.8 Å². The van der Waals surface area contributed by atoms with E-state index in [1.807, 2.05) is 0 Å². The Morgan fingerprint density at radius 2 is 0.611 bits per heavy atom. The number of hydrogen-bond donors (Lipinski definition) is 3. The molecule has 36 heavy (non-hydrogen) atoms. The largest absolute Gasteiger partial charge is 0.478 e. The lowest BCUT2D eigenvalue weighted by Crippen LogP contribution is -1.96. The van der Waals surface area contributed by atoms with E-state index in [0.29, 0.717) is 34.5 Å². The number of carbonyl (C=O) groups is 3. The van der Waals surface area contributed by atoms with Crippen molar-refractivity contribution in [3.63, 3.8) is 0 Å². The Balaban J connectivity index is 1.62. The second kappa shape index (κ2) is 10.3. The van der Waals surface area contributed by atoms with Crippen molar-refractivity contribution in [3.05, 3.63) is 108 Å². The summed E-state index contributed by atoms with van der Waals surface area (Å²) in [6.07, 6.45) is 0. The third kappa shape index (κ3) is 5.97. The lowest BCUT2D eigenvalue weighted by atomic mass is 10.2. The summed E-state index contributed by atoms with van der Waals surface area (Å²) in [5, 5.41) is 27.2. The molecule has 0 fully saturated rings. The molecule has 3 N–H and O–H groups in total. The molecular formula is C27H18O9. The highest BCUT2D eigenvalue weighted by Crippen LogP contribution is 2.35. The van der Waals surface area contributed by atoms with Gasteiger partial charge in [-0.1, -0.05) is 0 Å². The molecule has 0 atom stereocenters. The zero-order chi connectivity index (χ0) is 25.7. The van der Waals surface area contributed by atoms with Crippen molar-refractivity contribution in [1.82, 2.24) is 0 Å². The topological polar surface area (TPSA) is 140 Å². The van der Waals surface area contributed by atoms with Crippen LogP contribution in [-0.2, 0) is 0 Å². The molecule has 0 bridgehead atoms. The SMILES string of the molecule is O=C(O)c1ccc(Oc2cc(Oc3ccc(C(=O)O)cc3)cc(Oc3ccc(C(=O)O)cc3)c2)cc1. The molecule has 0 aromatic heterocycles. The van der Waals surface area contributed by atoms with Crippen LogP contribution in [0.15, 0.2) is 91.0 Å². The second-order valence-electron chi connectivity index (χ2n) is 7.43. The molecule has 0 heterocycles. The molecule has 0 aliphatic carbocycles. The van der Waals surface area contributed by atoms with Crippen LogP contribution < -0.4 is 14.2 Å². The molecule has 0 aliphatic heterocycles. The average molecular weight is 486 g/mol. The highest BCUT2D eigenvalue weighted by atomic mass is 16.5. The van der Waals surface area contributed by atoms with Gasteiger partial charge in [0.2, 0.25) is 0 Å². The molecule has 9 heteroatoms. The first-order valence-corrected chi connectivity index (χ1v) is 10.5. The summed E-state index contributed by atoms with van der Waals surface area (Å²) in [5.41, 5.74) is 0.328. The van der Waals surface area contributed by atoms with Crippen molar-refractivity contribution in [2.24, 2.45) is 0 Å². The third-order valence-electron chi connectivity index (χ3n) is 4.86. The number of carboxylic acids is 3.